The second kappa shape index (κ2) is 7.33. The molecule has 2 unspecified atom stereocenters. The molecule has 0 spiro atoms. The summed E-state index contributed by atoms with van der Waals surface area (Å²) in [5, 5.41) is 16.2. The average Bonchev–Trinajstić information content (AvgIpc) is 3.09. The lowest BCUT2D eigenvalue weighted by molar-refractivity contribution is 0.0718. The molecular formula is C18H22N2O3. The number of aliphatic hydroxyl groups is 1. The topological polar surface area (TPSA) is 74.5 Å². The van der Waals surface area contributed by atoms with Gasteiger partial charge in [-0.15, -0.1) is 0 Å². The molecule has 1 saturated carbocycles. The van der Waals surface area contributed by atoms with Crippen LogP contribution in [0.3, 0.4) is 0 Å². The van der Waals surface area contributed by atoms with Crippen molar-refractivity contribution in [1.29, 1.82) is 0 Å². The minimum absolute atomic E-state index is 0.154. The van der Waals surface area contributed by atoms with Crippen molar-refractivity contribution in [3.8, 4) is 0 Å². The van der Waals surface area contributed by atoms with E-state index in [0.717, 1.165) is 37.1 Å². The molecule has 0 bridgehead atoms. The van der Waals surface area contributed by atoms with Crippen molar-refractivity contribution in [1.82, 2.24) is 5.32 Å². The van der Waals surface area contributed by atoms with E-state index in [1.54, 1.807) is 12.3 Å². The lowest BCUT2D eigenvalue weighted by atomic mass is 9.92. The Morgan fingerprint density at radius 2 is 2.00 bits per heavy atom. The zero-order chi connectivity index (χ0) is 16.1. The van der Waals surface area contributed by atoms with E-state index in [1.165, 1.54) is 0 Å². The van der Waals surface area contributed by atoms with Crippen LogP contribution in [0, 0.1) is 0 Å². The van der Waals surface area contributed by atoms with Crippen LogP contribution in [0.4, 0.5) is 5.69 Å². The monoisotopic (exact) mass is 314 g/mol. The van der Waals surface area contributed by atoms with Crippen LogP contribution in [0.5, 0.6) is 0 Å². The van der Waals surface area contributed by atoms with Gasteiger partial charge in [0.05, 0.1) is 30.5 Å². The van der Waals surface area contributed by atoms with E-state index in [1.807, 2.05) is 30.3 Å². The summed E-state index contributed by atoms with van der Waals surface area (Å²) in [6.07, 6.45) is 4.82. The molecule has 2 aromatic rings. The SMILES string of the molecule is O=C(NC1CCCCC1O)c1ccccc1NCc1ccco1. The van der Waals surface area contributed by atoms with Gasteiger partial charge in [0.15, 0.2) is 0 Å². The van der Waals surface area contributed by atoms with Crippen LogP contribution in [0.15, 0.2) is 47.1 Å². The molecule has 0 saturated heterocycles. The summed E-state index contributed by atoms with van der Waals surface area (Å²) in [6, 6.07) is 10.9. The summed E-state index contributed by atoms with van der Waals surface area (Å²) < 4.78 is 5.30. The number of hydrogen-bond acceptors (Lipinski definition) is 4. The first-order valence-corrected chi connectivity index (χ1v) is 8.08. The van der Waals surface area contributed by atoms with Gasteiger partial charge in [-0.25, -0.2) is 0 Å². The van der Waals surface area contributed by atoms with Crippen LogP contribution in [0.25, 0.3) is 0 Å². The van der Waals surface area contributed by atoms with Gasteiger partial charge in [-0.05, 0) is 37.1 Å². The number of rotatable bonds is 5. The quantitative estimate of drug-likeness (QED) is 0.793. The highest BCUT2D eigenvalue weighted by molar-refractivity contribution is 5.99. The van der Waals surface area contributed by atoms with Gasteiger partial charge < -0.3 is 20.2 Å². The molecule has 1 aliphatic rings. The van der Waals surface area contributed by atoms with Gasteiger partial charge in [0.25, 0.3) is 5.91 Å². The van der Waals surface area contributed by atoms with E-state index >= 15 is 0 Å². The third kappa shape index (κ3) is 3.93. The van der Waals surface area contributed by atoms with Crippen molar-refractivity contribution in [2.45, 2.75) is 44.4 Å². The maximum absolute atomic E-state index is 12.6. The molecule has 1 aromatic heterocycles. The van der Waals surface area contributed by atoms with E-state index in [-0.39, 0.29) is 11.9 Å². The molecule has 1 aromatic carbocycles. The maximum atomic E-state index is 12.6. The first-order valence-electron chi connectivity index (χ1n) is 8.08. The molecule has 1 aliphatic carbocycles. The molecule has 1 amide bonds. The Balaban J connectivity index is 1.67. The molecule has 2 atom stereocenters. The zero-order valence-electron chi connectivity index (χ0n) is 13.0. The molecule has 122 valence electrons. The van der Waals surface area contributed by atoms with Gasteiger partial charge in [0.1, 0.15) is 5.76 Å². The van der Waals surface area contributed by atoms with Crippen molar-refractivity contribution >= 4 is 11.6 Å². The zero-order valence-corrected chi connectivity index (χ0v) is 13.0. The summed E-state index contributed by atoms with van der Waals surface area (Å²) >= 11 is 0. The first-order chi connectivity index (χ1) is 11.2. The molecule has 3 rings (SSSR count). The molecular weight excluding hydrogens is 292 g/mol. The molecule has 5 heteroatoms. The number of carbonyl (C=O) groups excluding carboxylic acids is 1. The van der Waals surface area contributed by atoms with E-state index in [4.69, 9.17) is 4.42 Å². The largest absolute Gasteiger partial charge is 0.467 e. The molecule has 1 heterocycles. The molecule has 0 radical (unpaired) electrons. The van der Waals surface area contributed by atoms with Crippen LogP contribution in [-0.2, 0) is 6.54 Å². The van der Waals surface area contributed by atoms with Crippen LogP contribution in [-0.4, -0.2) is 23.2 Å². The fraction of sp³-hybridized carbons (Fsp3) is 0.389. The predicted molar refractivity (Wildman–Crippen MR) is 88.2 cm³/mol. The van der Waals surface area contributed by atoms with E-state index in [9.17, 15) is 9.90 Å². The lowest BCUT2D eigenvalue weighted by Crippen LogP contribution is -2.45. The molecule has 5 nitrogen and oxygen atoms in total. The van der Waals surface area contributed by atoms with Gasteiger partial charge in [0.2, 0.25) is 0 Å². The standard InChI is InChI=1S/C18H22N2O3/c21-17-10-4-3-9-16(17)20-18(22)14-7-1-2-8-15(14)19-12-13-6-5-11-23-13/h1-2,5-8,11,16-17,19,21H,3-4,9-10,12H2,(H,20,22). The fourth-order valence-electron chi connectivity index (χ4n) is 2.96. The van der Waals surface area contributed by atoms with Gasteiger partial charge in [-0.2, -0.15) is 0 Å². The van der Waals surface area contributed by atoms with Crippen LogP contribution < -0.4 is 10.6 Å². The molecule has 0 aliphatic heterocycles. The number of amides is 1. The Morgan fingerprint density at radius 1 is 1.17 bits per heavy atom. The number of para-hydroxylation sites is 1. The average molecular weight is 314 g/mol. The fourth-order valence-corrected chi connectivity index (χ4v) is 2.96. The Hall–Kier alpha value is -2.27. The highest BCUT2D eigenvalue weighted by Crippen LogP contribution is 2.21. The van der Waals surface area contributed by atoms with Gasteiger partial charge in [-0.3, -0.25) is 4.79 Å². The molecule has 23 heavy (non-hydrogen) atoms. The van der Waals surface area contributed by atoms with E-state index in [2.05, 4.69) is 10.6 Å². The van der Waals surface area contributed by atoms with Gasteiger partial charge in [-0.1, -0.05) is 25.0 Å². The number of nitrogens with one attached hydrogen (secondary N) is 2. The Bertz CT molecular complexity index is 639. The summed E-state index contributed by atoms with van der Waals surface area (Å²) in [4.78, 5) is 12.6. The van der Waals surface area contributed by atoms with Crippen LogP contribution >= 0.6 is 0 Å². The lowest BCUT2D eigenvalue weighted by Gasteiger charge is -2.28. The number of furan rings is 1. The molecule has 1 fully saturated rings. The van der Waals surface area contributed by atoms with E-state index < -0.39 is 6.10 Å². The van der Waals surface area contributed by atoms with Gasteiger partial charge >= 0.3 is 0 Å². The first kappa shape index (κ1) is 15.6. The van der Waals surface area contributed by atoms with Crippen molar-refractivity contribution in [2.24, 2.45) is 0 Å². The normalized spacial score (nSPS) is 20.9. The Morgan fingerprint density at radius 3 is 2.78 bits per heavy atom. The number of hydrogen-bond donors (Lipinski definition) is 3. The van der Waals surface area contributed by atoms with Crippen LogP contribution in [0.2, 0.25) is 0 Å². The third-order valence-electron chi connectivity index (χ3n) is 4.25. The van der Waals surface area contributed by atoms with Crippen molar-refractivity contribution in [3.05, 3.63) is 54.0 Å². The highest BCUT2D eigenvalue weighted by Gasteiger charge is 2.25. The van der Waals surface area contributed by atoms with Gasteiger partial charge in [0, 0.05) is 5.69 Å². The second-order valence-electron chi connectivity index (χ2n) is 5.91. The number of carbonyl (C=O) groups is 1. The minimum atomic E-state index is -0.448. The smallest absolute Gasteiger partial charge is 0.253 e. The highest BCUT2D eigenvalue weighted by atomic mass is 16.3. The summed E-state index contributed by atoms with van der Waals surface area (Å²) in [6.45, 7) is 0.517. The number of aliphatic hydroxyl groups excluding tert-OH is 1. The summed E-state index contributed by atoms with van der Waals surface area (Å²) in [5.74, 6) is 0.654. The third-order valence-corrected chi connectivity index (χ3v) is 4.25. The maximum Gasteiger partial charge on any atom is 0.253 e. The van der Waals surface area contributed by atoms with E-state index in [0.29, 0.717) is 12.1 Å². The van der Waals surface area contributed by atoms with Crippen molar-refractivity contribution in [3.63, 3.8) is 0 Å². The molecule has 3 N–H and O–H groups in total. The van der Waals surface area contributed by atoms with Crippen molar-refractivity contribution < 1.29 is 14.3 Å². The summed E-state index contributed by atoms with van der Waals surface area (Å²) in [7, 11) is 0. The van der Waals surface area contributed by atoms with Crippen LogP contribution in [0.1, 0.15) is 41.8 Å². The van der Waals surface area contributed by atoms with Crippen molar-refractivity contribution in [2.75, 3.05) is 5.32 Å². The Labute approximate surface area is 135 Å². The number of anilines is 1. The Kier molecular flexibility index (Phi) is 4.98. The minimum Gasteiger partial charge on any atom is -0.467 e. The second-order valence-corrected chi connectivity index (χ2v) is 5.91. The number of benzene rings is 1. The predicted octanol–water partition coefficient (Wildman–Crippen LogP) is 2.93. The summed E-state index contributed by atoms with van der Waals surface area (Å²) in [5.41, 5.74) is 1.34.